The fourth-order valence-electron chi connectivity index (χ4n) is 1.62. The largest absolute Gasteiger partial charge is 0.465 e. The molecule has 2 aromatic rings. The van der Waals surface area contributed by atoms with Gasteiger partial charge in [-0.3, -0.25) is 0 Å². The van der Waals surface area contributed by atoms with Gasteiger partial charge in [0.2, 0.25) is 11.8 Å². The number of rotatable bonds is 5. The van der Waals surface area contributed by atoms with Crippen molar-refractivity contribution in [1.82, 2.24) is 15.3 Å². The number of amides is 1. The molecule has 4 N–H and O–H groups in total. The summed E-state index contributed by atoms with van der Waals surface area (Å²) >= 11 is 5.76. The van der Waals surface area contributed by atoms with Gasteiger partial charge in [-0.15, -0.1) is 0 Å². The minimum atomic E-state index is -1.03. The van der Waals surface area contributed by atoms with Gasteiger partial charge in [-0.1, -0.05) is 23.7 Å². The van der Waals surface area contributed by atoms with Gasteiger partial charge in [0.15, 0.2) is 0 Å². The molecule has 0 atom stereocenters. The molecular weight excluding hydrogens is 296 g/mol. The van der Waals surface area contributed by atoms with Crippen LogP contribution in [0.15, 0.2) is 30.3 Å². The van der Waals surface area contributed by atoms with E-state index in [9.17, 15) is 4.79 Å². The minimum Gasteiger partial charge on any atom is -0.465 e. The van der Waals surface area contributed by atoms with Crippen molar-refractivity contribution in [3.8, 4) is 11.6 Å². The Morgan fingerprint density at radius 1 is 1.33 bits per heavy atom. The molecule has 0 aliphatic rings. The Morgan fingerprint density at radius 2 is 2.05 bits per heavy atom. The quantitative estimate of drug-likeness (QED) is 0.731. The lowest BCUT2D eigenvalue weighted by Gasteiger charge is -2.07. The van der Waals surface area contributed by atoms with E-state index < -0.39 is 6.09 Å². The standard InChI is InChI=1S/C13H13ClN4O3/c14-10-7-11(18-12(15)17-10)21-9-3-1-8(2-4-9)5-6-16-13(19)20/h1-4,7,16H,5-6H2,(H,19,20)(H2,15,17,18). The van der Waals surface area contributed by atoms with Gasteiger partial charge in [-0.25, -0.2) is 9.78 Å². The fourth-order valence-corrected chi connectivity index (χ4v) is 1.80. The second-order valence-electron chi connectivity index (χ2n) is 4.12. The highest BCUT2D eigenvalue weighted by Crippen LogP contribution is 2.22. The van der Waals surface area contributed by atoms with Crippen LogP contribution in [0.3, 0.4) is 0 Å². The average molecular weight is 309 g/mol. The highest BCUT2D eigenvalue weighted by Gasteiger charge is 2.04. The molecule has 21 heavy (non-hydrogen) atoms. The van der Waals surface area contributed by atoms with Crippen LogP contribution >= 0.6 is 11.6 Å². The molecule has 8 heteroatoms. The smallest absolute Gasteiger partial charge is 0.404 e. The molecule has 1 aromatic heterocycles. The van der Waals surface area contributed by atoms with Crippen LogP contribution in [0.1, 0.15) is 5.56 Å². The Hall–Kier alpha value is -2.54. The molecule has 0 saturated heterocycles. The second kappa shape index (κ2) is 6.76. The van der Waals surface area contributed by atoms with Crippen LogP contribution in [0, 0.1) is 0 Å². The molecule has 0 aliphatic carbocycles. The van der Waals surface area contributed by atoms with E-state index in [2.05, 4.69) is 15.3 Å². The van der Waals surface area contributed by atoms with Crippen LogP contribution in [-0.4, -0.2) is 27.7 Å². The summed E-state index contributed by atoms with van der Waals surface area (Å²) < 4.78 is 5.51. The molecule has 0 spiro atoms. The Balaban J connectivity index is 1.97. The number of nitrogens with zero attached hydrogens (tertiary/aromatic N) is 2. The maximum atomic E-state index is 10.3. The number of nitrogens with two attached hydrogens (primary N) is 1. The summed E-state index contributed by atoms with van der Waals surface area (Å²) in [7, 11) is 0. The van der Waals surface area contributed by atoms with Gasteiger partial charge in [0.05, 0.1) is 0 Å². The first-order chi connectivity index (χ1) is 10.0. The van der Waals surface area contributed by atoms with Gasteiger partial charge >= 0.3 is 6.09 Å². The normalized spacial score (nSPS) is 10.1. The lowest BCUT2D eigenvalue weighted by atomic mass is 10.1. The zero-order valence-corrected chi connectivity index (χ0v) is 11.7. The van der Waals surface area contributed by atoms with E-state index in [0.29, 0.717) is 18.7 Å². The number of nitrogen functional groups attached to an aromatic ring is 1. The number of nitrogens with one attached hydrogen (secondary N) is 1. The molecule has 7 nitrogen and oxygen atoms in total. The fraction of sp³-hybridized carbons (Fsp3) is 0.154. The molecular formula is C13H13ClN4O3. The maximum absolute atomic E-state index is 10.3. The number of hydrogen-bond donors (Lipinski definition) is 3. The summed E-state index contributed by atoms with van der Waals surface area (Å²) in [6, 6.07) is 8.64. The van der Waals surface area contributed by atoms with Crippen molar-refractivity contribution in [1.29, 1.82) is 0 Å². The molecule has 1 heterocycles. The van der Waals surface area contributed by atoms with E-state index in [0.717, 1.165) is 5.56 Å². The Labute approximate surface area is 125 Å². The van der Waals surface area contributed by atoms with Gasteiger partial charge in [0, 0.05) is 12.6 Å². The molecule has 0 fully saturated rings. The van der Waals surface area contributed by atoms with Gasteiger partial charge in [-0.05, 0) is 24.1 Å². The van der Waals surface area contributed by atoms with Crippen LogP contribution in [0.5, 0.6) is 11.6 Å². The number of ether oxygens (including phenoxy) is 1. The van der Waals surface area contributed by atoms with Gasteiger partial charge in [0.1, 0.15) is 10.9 Å². The number of carbonyl (C=O) groups is 1. The third-order valence-corrected chi connectivity index (χ3v) is 2.72. The second-order valence-corrected chi connectivity index (χ2v) is 4.50. The Morgan fingerprint density at radius 3 is 2.67 bits per heavy atom. The summed E-state index contributed by atoms with van der Waals surface area (Å²) in [6.07, 6.45) is -0.438. The number of aromatic nitrogens is 2. The molecule has 0 radical (unpaired) electrons. The van der Waals surface area contributed by atoms with Crippen molar-refractivity contribution in [3.05, 3.63) is 41.0 Å². The third kappa shape index (κ3) is 4.81. The van der Waals surface area contributed by atoms with Crippen LogP contribution in [-0.2, 0) is 6.42 Å². The highest BCUT2D eigenvalue weighted by atomic mass is 35.5. The topological polar surface area (TPSA) is 110 Å². The van der Waals surface area contributed by atoms with Crippen LogP contribution in [0.25, 0.3) is 0 Å². The van der Waals surface area contributed by atoms with E-state index in [4.69, 9.17) is 27.2 Å². The first-order valence-corrected chi connectivity index (χ1v) is 6.44. The molecule has 110 valence electrons. The molecule has 0 unspecified atom stereocenters. The van der Waals surface area contributed by atoms with E-state index in [1.807, 2.05) is 12.1 Å². The predicted octanol–water partition coefficient (Wildman–Crippen LogP) is 2.31. The Bertz CT molecular complexity index is 614. The number of benzene rings is 1. The van der Waals surface area contributed by atoms with Crippen molar-refractivity contribution in [2.75, 3.05) is 12.3 Å². The predicted molar refractivity (Wildman–Crippen MR) is 77.7 cm³/mol. The van der Waals surface area contributed by atoms with Crippen molar-refractivity contribution in [3.63, 3.8) is 0 Å². The number of hydrogen-bond acceptors (Lipinski definition) is 5. The number of anilines is 1. The summed E-state index contributed by atoms with van der Waals surface area (Å²) in [5, 5.41) is 11.0. The summed E-state index contributed by atoms with van der Waals surface area (Å²) in [4.78, 5) is 18.0. The van der Waals surface area contributed by atoms with Crippen molar-refractivity contribution in [2.24, 2.45) is 0 Å². The zero-order valence-electron chi connectivity index (χ0n) is 10.9. The Kier molecular flexibility index (Phi) is 4.78. The molecule has 1 amide bonds. The van der Waals surface area contributed by atoms with Crippen molar-refractivity contribution in [2.45, 2.75) is 6.42 Å². The summed E-state index contributed by atoms with van der Waals surface area (Å²) in [5.41, 5.74) is 6.46. The highest BCUT2D eigenvalue weighted by molar-refractivity contribution is 6.29. The molecule has 0 aliphatic heterocycles. The lowest BCUT2D eigenvalue weighted by molar-refractivity contribution is 0.194. The van der Waals surface area contributed by atoms with E-state index >= 15 is 0 Å². The van der Waals surface area contributed by atoms with E-state index in [-0.39, 0.29) is 17.0 Å². The van der Waals surface area contributed by atoms with Crippen molar-refractivity contribution < 1.29 is 14.6 Å². The first-order valence-electron chi connectivity index (χ1n) is 6.06. The van der Waals surface area contributed by atoms with Crippen LogP contribution < -0.4 is 15.8 Å². The van der Waals surface area contributed by atoms with Crippen molar-refractivity contribution >= 4 is 23.6 Å². The van der Waals surface area contributed by atoms with E-state index in [1.54, 1.807) is 12.1 Å². The molecule has 2 rings (SSSR count). The minimum absolute atomic E-state index is 0.0360. The van der Waals surface area contributed by atoms with Gasteiger partial charge < -0.3 is 20.9 Å². The van der Waals surface area contributed by atoms with E-state index in [1.165, 1.54) is 6.07 Å². The number of carboxylic acid groups (broad SMARTS) is 1. The molecule has 0 saturated carbocycles. The monoisotopic (exact) mass is 308 g/mol. The third-order valence-electron chi connectivity index (χ3n) is 2.52. The van der Waals surface area contributed by atoms with Gasteiger partial charge in [-0.2, -0.15) is 4.98 Å². The van der Waals surface area contributed by atoms with Gasteiger partial charge in [0.25, 0.3) is 0 Å². The zero-order chi connectivity index (χ0) is 15.2. The van der Waals surface area contributed by atoms with Crippen LogP contribution in [0.4, 0.5) is 10.7 Å². The van der Waals surface area contributed by atoms with Crippen LogP contribution in [0.2, 0.25) is 5.15 Å². The lowest BCUT2D eigenvalue weighted by Crippen LogP contribution is -2.23. The molecule has 1 aromatic carbocycles. The average Bonchev–Trinajstić information content (AvgIpc) is 2.39. The summed E-state index contributed by atoms with van der Waals surface area (Å²) in [5.74, 6) is 0.862. The maximum Gasteiger partial charge on any atom is 0.404 e. The number of halogens is 1. The molecule has 0 bridgehead atoms. The summed E-state index contributed by atoms with van der Waals surface area (Å²) in [6.45, 7) is 0.355. The first kappa shape index (κ1) is 14.9. The SMILES string of the molecule is Nc1nc(Cl)cc(Oc2ccc(CCNC(=O)O)cc2)n1.